The number of anilines is 2. The molecular formula is C18H18N2O4. The van der Waals surface area contributed by atoms with E-state index in [-0.39, 0.29) is 11.8 Å². The van der Waals surface area contributed by atoms with Crippen LogP contribution in [0.4, 0.5) is 11.4 Å². The van der Waals surface area contributed by atoms with Crippen molar-refractivity contribution in [2.75, 3.05) is 17.7 Å². The molecule has 6 nitrogen and oxygen atoms in total. The van der Waals surface area contributed by atoms with Crippen LogP contribution in [-0.4, -0.2) is 25.0 Å². The van der Waals surface area contributed by atoms with Gasteiger partial charge >= 0.3 is 0 Å². The Bertz CT molecular complexity index is 788. The maximum atomic E-state index is 12.4. The van der Waals surface area contributed by atoms with E-state index >= 15 is 0 Å². The summed E-state index contributed by atoms with van der Waals surface area (Å²) < 4.78 is 10.6. The molecule has 2 amide bonds. The van der Waals surface area contributed by atoms with Crippen molar-refractivity contribution in [3.8, 4) is 5.75 Å². The SMILES string of the molecule is COCc1cccc(C(=O)Nc2ccc3c(c2)NC(=O)[C@@H](C)O3)c1. The lowest BCUT2D eigenvalue weighted by Crippen LogP contribution is -2.34. The average molecular weight is 326 g/mol. The summed E-state index contributed by atoms with van der Waals surface area (Å²) in [5.41, 5.74) is 2.58. The first-order chi connectivity index (χ1) is 11.6. The van der Waals surface area contributed by atoms with Gasteiger partial charge < -0.3 is 20.1 Å². The second kappa shape index (κ2) is 6.72. The molecule has 24 heavy (non-hydrogen) atoms. The Hall–Kier alpha value is -2.86. The Balaban J connectivity index is 1.77. The molecule has 1 aliphatic heterocycles. The highest BCUT2D eigenvalue weighted by atomic mass is 16.5. The molecule has 0 unspecified atom stereocenters. The zero-order valence-electron chi connectivity index (χ0n) is 13.5. The molecule has 2 aromatic carbocycles. The van der Waals surface area contributed by atoms with E-state index in [0.29, 0.717) is 29.3 Å². The van der Waals surface area contributed by atoms with Gasteiger partial charge in [0.25, 0.3) is 11.8 Å². The number of hydrogen-bond donors (Lipinski definition) is 2. The summed E-state index contributed by atoms with van der Waals surface area (Å²) in [4.78, 5) is 24.1. The van der Waals surface area contributed by atoms with Crippen molar-refractivity contribution in [1.82, 2.24) is 0 Å². The van der Waals surface area contributed by atoms with Crippen molar-refractivity contribution in [3.63, 3.8) is 0 Å². The first-order valence-corrected chi connectivity index (χ1v) is 7.57. The molecule has 0 aliphatic carbocycles. The molecule has 2 aromatic rings. The Morgan fingerprint density at radius 3 is 2.92 bits per heavy atom. The third kappa shape index (κ3) is 3.38. The van der Waals surface area contributed by atoms with Gasteiger partial charge in [-0.25, -0.2) is 0 Å². The molecule has 3 rings (SSSR count). The minimum atomic E-state index is -0.526. The van der Waals surface area contributed by atoms with Crippen molar-refractivity contribution in [2.45, 2.75) is 19.6 Å². The van der Waals surface area contributed by atoms with Crippen molar-refractivity contribution in [3.05, 3.63) is 53.6 Å². The highest BCUT2D eigenvalue weighted by Gasteiger charge is 2.23. The third-order valence-corrected chi connectivity index (χ3v) is 3.67. The van der Waals surface area contributed by atoms with Crippen LogP contribution in [0.5, 0.6) is 5.75 Å². The smallest absolute Gasteiger partial charge is 0.265 e. The first-order valence-electron chi connectivity index (χ1n) is 7.57. The Morgan fingerprint density at radius 1 is 1.29 bits per heavy atom. The van der Waals surface area contributed by atoms with Gasteiger partial charge in [-0.1, -0.05) is 12.1 Å². The molecule has 0 bridgehead atoms. The Labute approximate surface area is 139 Å². The van der Waals surface area contributed by atoms with Crippen LogP contribution < -0.4 is 15.4 Å². The molecule has 0 saturated heterocycles. The zero-order valence-corrected chi connectivity index (χ0v) is 13.5. The largest absolute Gasteiger partial charge is 0.479 e. The molecule has 1 aliphatic rings. The molecule has 1 heterocycles. The number of ether oxygens (including phenoxy) is 2. The molecule has 2 N–H and O–H groups in total. The van der Waals surface area contributed by atoms with Crippen LogP contribution >= 0.6 is 0 Å². The molecule has 0 saturated carbocycles. The Morgan fingerprint density at radius 2 is 2.12 bits per heavy atom. The van der Waals surface area contributed by atoms with Gasteiger partial charge in [-0.15, -0.1) is 0 Å². The van der Waals surface area contributed by atoms with Crippen LogP contribution in [-0.2, 0) is 16.1 Å². The highest BCUT2D eigenvalue weighted by molar-refractivity contribution is 6.05. The van der Waals surface area contributed by atoms with Crippen molar-refractivity contribution in [2.24, 2.45) is 0 Å². The number of fused-ring (bicyclic) bond motifs is 1. The molecular weight excluding hydrogens is 308 g/mol. The van der Waals surface area contributed by atoms with Crippen molar-refractivity contribution >= 4 is 23.2 Å². The quantitative estimate of drug-likeness (QED) is 0.906. The lowest BCUT2D eigenvalue weighted by molar-refractivity contribution is -0.122. The minimum Gasteiger partial charge on any atom is -0.479 e. The van der Waals surface area contributed by atoms with Gasteiger partial charge in [0, 0.05) is 18.4 Å². The van der Waals surface area contributed by atoms with Gasteiger partial charge in [-0.05, 0) is 42.8 Å². The van der Waals surface area contributed by atoms with E-state index in [1.165, 1.54) is 0 Å². The number of carbonyl (C=O) groups is 2. The van der Waals surface area contributed by atoms with Gasteiger partial charge in [0.2, 0.25) is 0 Å². The number of hydrogen-bond acceptors (Lipinski definition) is 4. The maximum absolute atomic E-state index is 12.4. The standard InChI is InChI=1S/C18H18N2O4/c1-11-17(21)20-15-9-14(6-7-16(15)24-11)19-18(22)13-5-3-4-12(8-13)10-23-2/h3-9,11H,10H2,1-2H3,(H,19,22)(H,20,21)/t11-/m1/s1. The number of benzene rings is 2. The molecule has 124 valence electrons. The van der Waals surface area contributed by atoms with Gasteiger partial charge in [0.1, 0.15) is 5.75 Å². The topological polar surface area (TPSA) is 76.7 Å². The van der Waals surface area contributed by atoms with Gasteiger partial charge in [0.15, 0.2) is 6.10 Å². The fourth-order valence-corrected chi connectivity index (χ4v) is 2.46. The van der Waals surface area contributed by atoms with Gasteiger partial charge in [0.05, 0.1) is 12.3 Å². The molecule has 0 fully saturated rings. The van der Waals surface area contributed by atoms with Crippen molar-refractivity contribution in [1.29, 1.82) is 0 Å². The second-order valence-electron chi connectivity index (χ2n) is 5.55. The predicted octanol–water partition coefficient (Wildman–Crippen LogP) is 2.80. The van der Waals surface area contributed by atoms with Crippen LogP contribution in [0.2, 0.25) is 0 Å². The highest BCUT2D eigenvalue weighted by Crippen LogP contribution is 2.32. The van der Waals surface area contributed by atoms with E-state index in [0.717, 1.165) is 5.56 Å². The number of carbonyl (C=O) groups excluding carboxylic acids is 2. The summed E-state index contributed by atoms with van der Waals surface area (Å²) in [6.45, 7) is 2.13. The fourth-order valence-electron chi connectivity index (χ4n) is 2.46. The van der Waals surface area contributed by atoms with Crippen LogP contribution in [0.25, 0.3) is 0 Å². The summed E-state index contributed by atoms with van der Waals surface area (Å²) in [5, 5.41) is 5.57. The van der Waals surface area contributed by atoms with E-state index in [4.69, 9.17) is 9.47 Å². The lowest BCUT2D eigenvalue weighted by Gasteiger charge is -2.23. The van der Waals surface area contributed by atoms with E-state index in [1.54, 1.807) is 44.4 Å². The first kappa shape index (κ1) is 16.0. The summed E-state index contributed by atoms with van der Waals surface area (Å²) in [6, 6.07) is 12.4. The van der Waals surface area contributed by atoms with Gasteiger partial charge in [-0.3, -0.25) is 9.59 Å². The summed E-state index contributed by atoms with van der Waals surface area (Å²) in [5.74, 6) is 0.143. The van der Waals surface area contributed by atoms with E-state index in [9.17, 15) is 9.59 Å². The van der Waals surface area contributed by atoms with Crippen LogP contribution in [0.15, 0.2) is 42.5 Å². The van der Waals surface area contributed by atoms with Crippen LogP contribution in [0.1, 0.15) is 22.8 Å². The lowest BCUT2D eigenvalue weighted by atomic mass is 10.1. The monoisotopic (exact) mass is 326 g/mol. The summed E-state index contributed by atoms with van der Waals surface area (Å²) >= 11 is 0. The zero-order chi connectivity index (χ0) is 17.1. The van der Waals surface area contributed by atoms with Gasteiger partial charge in [-0.2, -0.15) is 0 Å². The fraction of sp³-hybridized carbons (Fsp3) is 0.222. The molecule has 0 radical (unpaired) electrons. The number of methoxy groups -OCH3 is 1. The molecule has 0 spiro atoms. The van der Waals surface area contributed by atoms with E-state index in [2.05, 4.69) is 10.6 Å². The Kier molecular flexibility index (Phi) is 4.48. The van der Waals surface area contributed by atoms with Crippen LogP contribution in [0, 0.1) is 0 Å². The van der Waals surface area contributed by atoms with Crippen molar-refractivity contribution < 1.29 is 19.1 Å². The summed E-state index contributed by atoms with van der Waals surface area (Å²) in [7, 11) is 1.61. The average Bonchev–Trinajstić information content (AvgIpc) is 2.57. The molecule has 0 aromatic heterocycles. The summed E-state index contributed by atoms with van der Waals surface area (Å²) in [6.07, 6.45) is -0.526. The normalized spacial score (nSPS) is 15.9. The van der Waals surface area contributed by atoms with E-state index in [1.807, 2.05) is 12.1 Å². The minimum absolute atomic E-state index is 0.210. The predicted molar refractivity (Wildman–Crippen MR) is 90.3 cm³/mol. The van der Waals surface area contributed by atoms with E-state index < -0.39 is 6.10 Å². The maximum Gasteiger partial charge on any atom is 0.265 e. The number of nitrogens with one attached hydrogen (secondary N) is 2. The number of rotatable bonds is 4. The third-order valence-electron chi connectivity index (χ3n) is 3.67. The number of amides is 2. The van der Waals surface area contributed by atoms with Crippen LogP contribution in [0.3, 0.4) is 0 Å². The molecule has 1 atom stereocenters. The second-order valence-corrected chi connectivity index (χ2v) is 5.55. The molecule has 6 heteroatoms.